The second-order valence-corrected chi connectivity index (χ2v) is 25.0. The number of rotatable bonds is 28. The summed E-state index contributed by atoms with van der Waals surface area (Å²) in [5.74, 6) is 6.44. The van der Waals surface area contributed by atoms with Gasteiger partial charge in [0.1, 0.15) is 47.0 Å². The number of fused-ring (bicyclic) bond motifs is 30. The van der Waals surface area contributed by atoms with Crippen LogP contribution in [0.2, 0.25) is 0 Å². The van der Waals surface area contributed by atoms with Gasteiger partial charge in [-0.1, -0.05) is 157 Å². The van der Waals surface area contributed by atoms with E-state index >= 15 is 0 Å². The predicted octanol–water partition coefficient (Wildman–Crippen LogP) is 18.6. The van der Waals surface area contributed by atoms with Gasteiger partial charge in [0.05, 0.1) is 26.4 Å². The average molecular weight is 1160 g/mol. The van der Waals surface area contributed by atoms with E-state index in [1.807, 2.05) is 0 Å². The fraction of sp³-hybridized carbons (Fsp3) is 0.500. The highest BCUT2D eigenvalue weighted by Gasteiger charge is 2.39. The van der Waals surface area contributed by atoms with Crippen LogP contribution in [0, 0.1) is 23.7 Å². The largest absolute Gasteiger partial charge is 0.489 e. The molecule has 4 aromatic carbocycles. The monoisotopic (exact) mass is 1160 g/mol. The zero-order valence-electron chi connectivity index (χ0n) is 51.8. The first-order valence-corrected chi connectivity index (χ1v) is 32.9. The first-order valence-electron chi connectivity index (χ1n) is 32.9. The summed E-state index contributed by atoms with van der Waals surface area (Å²) in [6.45, 7) is 20.4. The molecule has 14 nitrogen and oxygen atoms in total. The van der Waals surface area contributed by atoms with Crippen molar-refractivity contribution in [3.8, 4) is 68.5 Å². The molecule has 86 heavy (non-hydrogen) atoms. The standard InChI is InChI=1S/C72H86N8O6/c1-9-17-21-41(13-5)37-81-61-33-53-55(35-63(61)83-39-43(15-7)23-19-11-3)71-78-69(53)76-67-51-31-47-45(57-25-27-59(47)85-57)29-49(51)65(74-67)73-66-50-30-46-48(60-28-26-58(46)86-60)32-52(50)68(75-66)77-70-54-34-62(82-38-42(14-6)22-18-10-2)64(36-56(54)72(79-70)80-71)84-40-44(16-8)24-20-12-4/h25-36,41-44,57-60H,9-24,37-40H2,1-8H3,(H2,73,74,75,76,77,78,79,80)/t41?,42?,43?,44?,57-,58-,59+,60+/m0/s1. The van der Waals surface area contributed by atoms with Gasteiger partial charge in [0.25, 0.3) is 0 Å². The van der Waals surface area contributed by atoms with E-state index in [1.165, 1.54) is 0 Å². The van der Waals surface area contributed by atoms with Crippen LogP contribution in [0.1, 0.15) is 205 Å². The Hall–Kier alpha value is -7.16. The SMILES string of the molecule is CCCCC(CC)COc1cc2c3nc4nc(nc5nc(nc6[nH]c(nc([nH]3)c2cc1OCC(CC)CCCC)c1cc(OCC(CC)CCCC)c(OCC(CC)CCCC)cc61)-c1cc2c(cc1-5)[C@@H]1C=C[C@H]2O1)-c1cc2c(cc1-4)[C@H]1C=C[C@@H]2O1. The molecule has 14 heteroatoms. The average Bonchev–Trinajstić information content (AvgIpc) is 1.94. The molecule has 4 unspecified atom stereocenters. The van der Waals surface area contributed by atoms with Gasteiger partial charge in [0, 0.05) is 43.8 Å². The van der Waals surface area contributed by atoms with E-state index in [0.29, 0.717) is 119 Å². The maximum Gasteiger partial charge on any atom is 0.164 e. The van der Waals surface area contributed by atoms with Gasteiger partial charge in [-0.25, -0.2) is 29.9 Å². The number of H-pyrrole nitrogens is 2. The van der Waals surface area contributed by atoms with Crippen molar-refractivity contribution in [2.45, 2.75) is 183 Å². The molecule has 0 aliphatic carbocycles. The second kappa shape index (κ2) is 25.3. The van der Waals surface area contributed by atoms with Gasteiger partial charge >= 0.3 is 0 Å². The van der Waals surface area contributed by atoms with Crippen molar-refractivity contribution in [2.24, 2.45) is 23.7 Å². The minimum absolute atomic E-state index is 0.138. The number of nitrogens with zero attached hydrogens (tertiary/aromatic N) is 6. The van der Waals surface area contributed by atoms with E-state index in [4.69, 9.17) is 58.3 Å². The molecule has 7 aromatic rings. The Morgan fingerprint density at radius 1 is 0.349 bits per heavy atom. The molecule has 0 radical (unpaired) electrons. The van der Waals surface area contributed by atoms with Gasteiger partial charge in [-0.2, -0.15) is 0 Å². The maximum absolute atomic E-state index is 6.98. The van der Waals surface area contributed by atoms with E-state index in [0.717, 1.165) is 169 Å². The third-order valence-electron chi connectivity index (χ3n) is 19.2. The zero-order chi connectivity index (χ0) is 59.0. The van der Waals surface area contributed by atoms with E-state index in [1.54, 1.807) is 0 Å². The lowest BCUT2D eigenvalue weighted by atomic mass is 9.91. The molecule has 0 spiro atoms. The summed E-state index contributed by atoms with van der Waals surface area (Å²) in [6, 6.07) is 17.2. The number of benzene rings is 4. The van der Waals surface area contributed by atoms with Crippen molar-refractivity contribution >= 4 is 44.1 Å². The van der Waals surface area contributed by atoms with Crippen molar-refractivity contribution in [3.63, 3.8) is 0 Å². The molecule has 12 bridgehead atoms. The lowest BCUT2D eigenvalue weighted by Gasteiger charge is -2.20. The van der Waals surface area contributed by atoms with Crippen molar-refractivity contribution in [1.82, 2.24) is 39.9 Å². The summed E-state index contributed by atoms with van der Waals surface area (Å²) < 4.78 is 40.8. The van der Waals surface area contributed by atoms with Gasteiger partial charge in [0.15, 0.2) is 46.3 Å². The zero-order valence-corrected chi connectivity index (χ0v) is 51.8. The fourth-order valence-corrected chi connectivity index (χ4v) is 13.4. The summed E-state index contributed by atoms with van der Waals surface area (Å²) in [6.07, 6.45) is 25.7. The molecule has 6 aliphatic heterocycles. The lowest BCUT2D eigenvalue weighted by molar-refractivity contribution is 0.0877. The van der Waals surface area contributed by atoms with E-state index in [9.17, 15) is 0 Å². The Morgan fingerprint density at radius 2 is 0.605 bits per heavy atom. The highest BCUT2D eigenvalue weighted by atomic mass is 16.5. The van der Waals surface area contributed by atoms with E-state index < -0.39 is 0 Å². The summed E-state index contributed by atoms with van der Waals surface area (Å²) in [5.41, 5.74) is 10.3. The number of nitrogens with one attached hydrogen (secondary N) is 2. The lowest BCUT2D eigenvalue weighted by Crippen LogP contribution is -2.14. The molecule has 13 rings (SSSR count). The van der Waals surface area contributed by atoms with Crippen LogP contribution >= 0.6 is 0 Å². The first-order chi connectivity index (χ1) is 42.2. The Balaban J connectivity index is 1.08. The Morgan fingerprint density at radius 3 is 0.860 bits per heavy atom. The summed E-state index contributed by atoms with van der Waals surface area (Å²) in [7, 11) is 0. The van der Waals surface area contributed by atoms with Gasteiger partial charge < -0.3 is 38.4 Å². The fourth-order valence-electron chi connectivity index (χ4n) is 13.4. The van der Waals surface area contributed by atoms with Crippen LogP contribution in [-0.4, -0.2) is 66.3 Å². The maximum atomic E-state index is 6.98. The summed E-state index contributed by atoms with van der Waals surface area (Å²) >= 11 is 0. The van der Waals surface area contributed by atoms with Gasteiger partial charge in [0.2, 0.25) is 0 Å². The number of ether oxygens (including phenoxy) is 6. The van der Waals surface area contributed by atoms with Crippen LogP contribution in [0.15, 0.2) is 72.8 Å². The van der Waals surface area contributed by atoms with Gasteiger partial charge in [-0.15, -0.1) is 0 Å². The second-order valence-electron chi connectivity index (χ2n) is 25.0. The van der Waals surface area contributed by atoms with Crippen LogP contribution in [0.4, 0.5) is 0 Å². The topological polar surface area (TPSA) is 164 Å². The normalized spacial score (nSPS) is 18.8. The minimum atomic E-state index is -0.141. The summed E-state index contributed by atoms with van der Waals surface area (Å²) in [4.78, 5) is 40.5. The molecule has 2 N–H and O–H groups in total. The number of unbranched alkanes of at least 4 members (excludes halogenated alkanes) is 4. The van der Waals surface area contributed by atoms with E-state index in [-0.39, 0.29) is 24.4 Å². The summed E-state index contributed by atoms with van der Waals surface area (Å²) in [5, 5.41) is 3.32. The minimum Gasteiger partial charge on any atom is -0.489 e. The van der Waals surface area contributed by atoms with Crippen LogP contribution in [0.5, 0.6) is 23.0 Å². The van der Waals surface area contributed by atoms with Crippen molar-refractivity contribution in [2.75, 3.05) is 26.4 Å². The van der Waals surface area contributed by atoms with Crippen molar-refractivity contribution < 1.29 is 28.4 Å². The third kappa shape index (κ3) is 11.2. The Labute approximate surface area is 506 Å². The number of hydrogen-bond acceptors (Lipinski definition) is 12. The third-order valence-corrected chi connectivity index (χ3v) is 19.2. The molecule has 8 atom stereocenters. The van der Waals surface area contributed by atoms with E-state index in [2.05, 4.69) is 138 Å². The molecule has 0 saturated carbocycles. The van der Waals surface area contributed by atoms with Crippen LogP contribution in [0.25, 0.3) is 89.7 Å². The molecule has 0 amide bonds. The van der Waals surface area contributed by atoms with Crippen LogP contribution in [-0.2, 0) is 9.47 Å². The molecule has 9 heterocycles. The van der Waals surface area contributed by atoms with Gasteiger partial charge in [-0.3, -0.25) is 0 Å². The number of aromatic nitrogens is 8. The molecular formula is C72H86N8O6. The van der Waals surface area contributed by atoms with Gasteiger partial charge in [-0.05, 0) is 120 Å². The van der Waals surface area contributed by atoms with Crippen molar-refractivity contribution in [3.05, 3.63) is 95.1 Å². The Kier molecular flexibility index (Phi) is 17.0. The predicted molar refractivity (Wildman–Crippen MR) is 343 cm³/mol. The Bertz CT molecular complexity index is 3660. The highest BCUT2D eigenvalue weighted by molar-refractivity contribution is 6.09. The molecule has 450 valence electrons. The quantitative estimate of drug-likeness (QED) is 0.0447. The molecule has 3 aromatic heterocycles. The smallest absolute Gasteiger partial charge is 0.164 e. The molecular weight excluding hydrogens is 1070 g/mol. The molecule has 0 saturated heterocycles. The number of aromatic amines is 2. The number of hydrogen-bond donors (Lipinski definition) is 2. The molecule has 0 fully saturated rings. The highest BCUT2D eigenvalue weighted by Crippen LogP contribution is 2.52. The van der Waals surface area contributed by atoms with Crippen molar-refractivity contribution in [1.29, 1.82) is 0 Å². The van der Waals surface area contributed by atoms with Crippen LogP contribution in [0.3, 0.4) is 0 Å². The molecule has 6 aliphatic rings. The van der Waals surface area contributed by atoms with Crippen LogP contribution < -0.4 is 18.9 Å². The first kappa shape index (κ1) is 57.9.